The minimum atomic E-state index is 0.885. The average molecular weight is 664 g/mol. The standard InChI is InChI=1S/C50H33NO/c1-4-14-34(15-5-1)35-24-26-36(27-25-35)37-28-30-40(31-29-37)51(39-18-8-3-9-19-39)46-33-32-45-48-43-22-12-10-20-41(43)42-21-11-13-23-44(42)49(48)52-50(45)47(46)38-16-6-2-7-17-38/h1-33H. The van der Waals surface area contributed by atoms with Crippen LogP contribution >= 0.6 is 0 Å². The van der Waals surface area contributed by atoms with Crippen LogP contribution in [0.15, 0.2) is 205 Å². The number of hydrogen-bond acceptors (Lipinski definition) is 2. The van der Waals surface area contributed by atoms with E-state index in [1.165, 1.54) is 38.4 Å². The van der Waals surface area contributed by atoms with E-state index in [0.717, 1.165) is 55.5 Å². The molecule has 0 radical (unpaired) electrons. The molecule has 0 atom stereocenters. The molecule has 2 nitrogen and oxygen atoms in total. The normalized spacial score (nSPS) is 11.5. The summed E-state index contributed by atoms with van der Waals surface area (Å²) in [6, 6.07) is 71.4. The number of fused-ring (bicyclic) bond motifs is 8. The van der Waals surface area contributed by atoms with E-state index in [0.29, 0.717) is 0 Å². The number of anilines is 3. The summed E-state index contributed by atoms with van der Waals surface area (Å²) in [6.45, 7) is 0. The Kier molecular flexibility index (Phi) is 7.18. The number of nitrogens with zero attached hydrogens (tertiary/aromatic N) is 1. The van der Waals surface area contributed by atoms with Gasteiger partial charge in [-0.2, -0.15) is 0 Å². The molecule has 52 heavy (non-hydrogen) atoms. The molecule has 1 heterocycles. The van der Waals surface area contributed by atoms with Gasteiger partial charge in [-0.3, -0.25) is 0 Å². The van der Waals surface area contributed by atoms with Gasteiger partial charge in [-0.1, -0.05) is 164 Å². The fourth-order valence-corrected chi connectivity index (χ4v) is 7.82. The van der Waals surface area contributed by atoms with Crippen LogP contribution in [-0.2, 0) is 0 Å². The monoisotopic (exact) mass is 663 g/mol. The lowest BCUT2D eigenvalue weighted by molar-refractivity contribution is 0.674. The third-order valence-electron chi connectivity index (χ3n) is 10.3. The summed E-state index contributed by atoms with van der Waals surface area (Å²) in [4.78, 5) is 2.35. The van der Waals surface area contributed by atoms with E-state index in [2.05, 4.69) is 205 Å². The smallest absolute Gasteiger partial charge is 0.145 e. The lowest BCUT2D eigenvalue weighted by Crippen LogP contribution is -2.11. The quantitative estimate of drug-likeness (QED) is 0.165. The zero-order chi connectivity index (χ0) is 34.4. The molecule has 9 aromatic carbocycles. The van der Waals surface area contributed by atoms with Crippen LogP contribution in [0.2, 0.25) is 0 Å². The molecule has 2 heteroatoms. The Bertz CT molecular complexity index is 2860. The maximum absolute atomic E-state index is 7.11. The Morgan fingerprint density at radius 2 is 0.731 bits per heavy atom. The van der Waals surface area contributed by atoms with Gasteiger partial charge in [0.15, 0.2) is 0 Å². The van der Waals surface area contributed by atoms with Crippen LogP contribution in [0.3, 0.4) is 0 Å². The van der Waals surface area contributed by atoms with Crippen molar-refractivity contribution in [3.8, 4) is 33.4 Å². The predicted molar refractivity (Wildman–Crippen MR) is 220 cm³/mol. The van der Waals surface area contributed by atoms with Crippen molar-refractivity contribution in [3.63, 3.8) is 0 Å². The SMILES string of the molecule is c1ccc(-c2ccc(-c3ccc(N(c4ccccc4)c4ccc5c(oc6c7ccccc7c7ccccc7c56)c4-c4ccccc4)cc3)cc2)cc1. The fraction of sp³-hybridized carbons (Fsp3) is 0. The summed E-state index contributed by atoms with van der Waals surface area (Å²) in [7, 11) is 0. The van der Waals surface area contributed by atoms with E-state index in [1.807, 2.05) is 0 Å². The Balaban J connectivity index is 1.18. The van der Waals surface area contributed by atoms with Crippen molar-refractivity contribution in [2.24, 2.45) is 0 Å². The van der Waals surface area contributed by atoms with Crippen molar-refractivity contribution in [1.82, 2.24) is 0 Å². The summed E-state index contributed by atoms with van der Waals surface area (Å²) in [5, 5.41) is 7.03. The molecule has 0 amide bonds. The molecule has 0 spiro atoms. The molecule has 244 valence electrons. The number of hydrogen-bond donors (Lipinski definition) is 0. The van der Waals surface area contributed by atoms with Crippen LogP contribution in [0.4, 0.5) is 17.1 Å². The van der Waals surface area contributed by atoms with Crippen molar-refractivity contribution in [3.05, 3.63) is 200 Å². The van der Waals surface area contributed by atoms with Gasteiger partial charge in [-0.25, -0.2) is 0 Å². The highest BCUT2D eigenvalue weighted by atomic mass is 16.3. The third-order valence-corrected chi connectivity index (χ3v) is 10.3. The molecule has 0 saturated carbocycles. The van der Waals surface area contributed by atoms with Gasteiger partial charge in [0.1, 0.15) is 11.2 Å². The van der Waals surface area contributed by atoms with Crippen LogP contribution in [0.25, 0.3) is 76.9 Å². The van der Waals surface area contributed by atoms with Gasteiger partial charge < -0.3 is 9.32 Å². The molecule has 0 aliphatic heterocycles. The second kappa shape index (κ2) is 12.5. The van der Waals surface area contributed by atoms with Gasteiger partial charge in [0.25, 0.3) is 0 Å². The number of furan rings is 1. The van der Waals surface area contributed by atoms with Gasteiger partial charge in [0.05, 0.1) is 5.69 Å². The van der Waals surface area contributed by atoms with E-state index in [4.69, 9.17) is 4.42 Å². The summed E-state index contributed by atoms with van der Waals surface area (Å²) < 4.78 is 7.11. The van der Waals surface area contributed by atoms with Crippen LogP contribution in [0, 0.1) is 0 Å². The lowest BCUT2D eigenvalue weighted by atomic mass is 9.95. The topological polar surface area (TPSA) is 16.4 Å². The van der Waals surface area contributed by atoms with E-state index in [9.17, 15) is 0 Å². The molecular weight excluding hydrogens is 631 g/mol. The predicted octanol–water partition coefficient (Wildman–Crippen LogP) is 14.4. The van der Waals surface area contributed by atoms with Crippen molar-refractivity contribution < 1.29 is 4.42 Å². The first-order valence-corrected chi connectivity index (χ1v) is 17.8. The van der Waals surface area contributed by atoms with Gasteiger partial charge in [0, 0.05) is 33.1 Å². The van der Waals surface area contributed by atoms with E-state index >= 15 is 0 Å². The molecular formula is C50H33NO. The number of para-hydroxylation sites is 1. The maximum Gasteiger partial charge on any atom is 0.145 e. The van der Waals surface area contributed by atoms with E-state index < -0.39 is 0 Å². The van der Waals surface area contributed by atoms with E-state index in [-0.39, 0.29) is 0 Å². The molecule has 0 bridgehead atoms. The highest BCUT2D eigenvalue weighted by Crippen LogP contribution is 2.49. The molecule has 0 aliphatic rings. The second-order valence-corrected chi connectivity index (χ2v) is 13.3. The Morgan fingerprint density at radius 1 is 0.288 bits per heavy atom. The van der Waals surface area contributed by atoms with Gasteiger partial charge in [-0.15, -0.1) is 0 Å². The second-order valence-electron chi connectivity index (χ2n) is 13.3. The lowest BCUT2D eigenvalue weighted by Gasteiger charge is -2.28. The van der Waals surface area contributed by atoms with Crippen molar-refractivity contribution >= 4 is 60.5 Å². The van der Waals surface area contributed by atoms with Crippen LogP contribution in [0.5, 0.6) is 0 Å². The fourth-order valence-electron chi connectivity index (χ4n) is 7.82. The number of rotatable bonds is 6. The first-order valence-electron chi connectivity index (χ1n) is 17.8. The zero-order valence-electron chi connectivity index (χ0n) is 28.4. The first kappa shape index (κ1) is 30.0. The molecule has 0 unspecified atom stereocenters. The van der Waals surface area contributed by atoms with Crippen LogP contribution < -0.4 is 4.90 Å². The van der Waals surface area contributed by atoms with E-state index in [1.54, 1.807) is 0 Å². The molecule has 0 saturated heterocycles. The minimum Gasteiger partial charge on any atom is -0.455 e. The molecule has 0 N–H and O–H groups in total. The first-order chi connectivity index (χ1) is 25.8. The van der Waals surface area contributed by atoms with Crippen molar-refractivity contribution in [1.29, 1.82) is 0 Å². The molecule has 0 aliphatic carbocycles. The Hall–Kier alpha value is -6.90. The molecule has 0 fully saturated rings. The summed E-state index contributed by atoms with van der Waals surface area (Å²) in [5.41, 5.74) is 12.0. The average Bonchev–Trinajstić information content (AvgIpc) is 3.63. The highest BCUT2D eigenvalue weighted by Gasteiger charge is 2.24. The minimum absolute atomic E-state index is 0.885. The Labute approximate surface area is 302 Å². The molecule has 10 aromatic rings. The maximum atomic E-state index is 7.11. The van der Waals surface area contributed by atoms with Crippen molar-refractivity contribution in [2.45, 2.75) is 0 Å². The summed E-state index contributed by atoms with van der Waals surface area (Å²) >= 11 is 0. The zero-order valence-corrected chi connectivity index (χ0v) is 28.4. The third kappa shape index (κ3) is 4.96. The Morgan fingerprint density at radius 3 is 1.35 bits per heavy atom. The van der Waals surface area contributed by atoms with Gasteiger partial charge >= 0.3 is 0 Å². The largest absolute Gasteiger partial charge is 0.455 e. The number of benzene rings is 9. The van der Waals surface area contributed by atoms with Crippen LogP contribution in [0.1, 0.15) is 0 Å². The van der Waals surface area contributed by atoms with Crippen molar-refractivity contribution in [2.75, 3.05) is 4.90 Å². The molecule has 10 rings (SSSR count). The highest BCUT2D eigenvalue weighted by molar-refractivity contribution is 6.31. The van der Waals surface area contributed by atoms with Gasteiger partial charge in [-0.05, 0) is 80.4 Å². The van der Waals surface area contributed by atoms with Gasteiger partial charge in [0.2, 0.25) is 0 Å². The summed E-state index contributed by atoms with van der Waals surface area (Å²) in [5.74, 6) is 0. The van der Waals surface area contributed by atoms with Crippen LogP contribution in [-0.4, -0.2) is 0 Å². The molecule has 1 aromatic heterocycles. The summed E-state index contributed by atoms with van der Waals surface area (Å²) in [6.07, 6.45) is 0.